The molecule has 0 saturated heterocycles. The van der Waals surface area contributed by atoms with Gasteiger partial charge in [0.05, 0.1) is 0 Å². The third-order valence-electron chi connectivity index (χ3n) is 2.80. The number of aliphatic hydroxyl groups excluding tert-OH is 1. The molecule has 0 aliphatic heterocycles. The third kappa shape index (κ3) is 10.8. The van der Waals surface area contributed by atoms with Crippen molar-refractivity contribution in [2.75, 3.05) is 6.61 Å². The molecule has 0 rings (SSSR count). The van der Waals surface area contributed by atoms with Gasteiger partial charge in [-0.2, -0.15) is 0 Å². The highest BCUT2D eigenvalue weighted by molar-refractivity contribution is 5.68. The van der Waals surface area contributed by atoms with Crippen molar-refractivity contribution in [2.24, 2.45) is 11.8 Å². The minimum absolute atomic E-state index is 0.115. The Bertz CT molecular complexity index is 259. The molecule has 2 atom stereocenters. The number of amides is 1. The fourth-order valence-corrected chi connectivity index (χ4v) is 1.87. The second-order valence-electron chi connectivity index (χ2n) is 6.84. The molecule has 0 aliphatic carbocycles. The summed E-state index contributed by atoms with van der Waals surface area (Å²) in [6.07, 6.45) is 2.36. The number of aliphatic hydroxyl groups is 1. The van der Waals surface area contributed by atoms with Crippen LogP contribution in [0.15, 0.2) is 0 Å². The van der Waals surface area contributed by atoms with E-state index < -0.39 is 5.60 Å². The van der Waals surface area contributed by atoms with Crippen LogP contribution in [0, 0.1) is 11.8 Å². The molecule has 0 aliphatic rings. The number of nitrogens with one attached hydrogen (secondary N) is 1. The van der Waals surface area contributed by atoms with E-state index in [1.165, 1.54) is 0 Å². The first kappa shape index (κ1) is 18.2. The molecule has 0 spiro atoms. The second-order valence-corrected chi connectivity index (χ2v) is 6.84. The van der Waals surface area contributed by atoms with Crippen LogP contribution in [0.25, 0.3) is 0 Å². The van der Waals surface area contributed by atoms with E-state index in [0.717, 1.165) is 19.3 Å². The highest BCUT2D eigenvalue weighted by Gasteiger charge is 2.20. The summed E-state index contributed by atoms with van der Waals surface area (Å²) < 4.78 is 5.28. The first-order valence-corrected chi connectivity index (χ1v) is 7.24. The molecule has 2 N–H and O–H groups in total. The predicted octanol–water partition coefficient (Wildman–Crippen LogP) is 3.33. The van der Waals surface area contributed by atoms with Gasteiger partial charge in [-0.25, -0.2) is 4.79 Å². The lowest BCUT2D eigenvalue weighted by Crippen LogP contribution is -2.40. The zero-order valence-corrected chi connectivity index (χ0v) is 13.3. The molecule has 1 unspecified atom stereocenters. The van der Waals surface area contributed by atoms with E-state index in [0.29, 0.717) is 5.92 Å². The molecule has 0 aromatic carbocycles. The number of carbonyl (C=O) groups excluding carboxylic acids is 1. The molecular formula is C15H31NO3. The van der Waals surface area contributed by atoms with Gasteiger partial charge in [-0.1, -0.05) is 20.8 Å². The van der Waals surface area contributed by atoms with E-state index in [-0.39, 0.29) is 24.7 Å². The quantitative estimate of drug-likeness (QED) is 0.748. The van der Waals surface area contributed by atoms with Gasteiger partial charge in [-0.15, -0.1) is 0 Å². The Morgan fingerprint density at radius 3 is 2.21 bits per heavy atom. The first-order valence-electron chi connectivity index (χ1n) is 7.24. The number of ether oxygens (including phenoxy) is 1. The van der Waals surface area contributed by atoms with Crippen LogP contribution in [0.2, 0.25) is 0 Å². The van der Waals surface area contributed by atoms with Gasteiger partial charge in [-0.3, -0.25) is 0 Å². The molecule has 0 saturated carbocycles. The normalized spacial score (nSPS) is 15.2. The number of hydrogen-bond acceptors (Lipinski definition) is 3. The van der Waals surface area contributed by atoms with Crippen molar-refractivity contribution in [3.8, 4) is 0 Å². The van der Waals surface area contributed by atoms with Crippen LogP contribution in [0.4, 0.5) is 4.79 Å². The van der Waals surface area contributed by atoms with Gasteiger partial charge in [-0.05, 0) is 51.9 Å². The molecule has 19 heavy (non-hydrogen) atoms. The Morgan fingerprint density at radius 1 is 1.21 bits per heavy atom. The lowest BCUT2D eigenvalue weighted by Gasteiger charge is -2.25. The molecule has 0 radical (unpaired) electrons. The Labute approximate surface area is 117 Å². The molecular weight excluding hydrogens is 242 g/mol. The topological polar surface area (TPSA) is 58.6 Å². The van der Waals surface area contributed by atoms with E-state index in [4.69, 9.17) is 9.84 Å². The summed E-state index contributed by atoms with van der Waals surface area (Å²) in [7, 11) is 0. The second kappa shape index (κ2) is 8.41. The predicted molar refractivity (Wildman–Crippen MR) is 78.1 cm³/mol. The Kier molecular flexibility index (Phi) is 8.07. The van der Waals surface area contributed by atoms with Crippen molar-refractivity contribution < 1.29 is 14.6 Å². The van der Waals surface area contributed by atoms with Gasteiger partial charge in [0, 0.05) is 12.6 Å². The summed E-state index contributed by atoms with van der Waals surface area (Å²) in [6, 6.07) is 0.115. The van der Waals surface area contributed by atoms with E-state index in [9.17, 15) is 4.79 Å². The number of carbonyl (C=O) groups is 1. The minimum Gasteiger partial charge on any atom is -0.444 e. The maximum Gasteiger partial charge on any atom is 0.407 e. The van der Waals surface area contributed by atoms with Gasteiger partial charge >= 0.3 is 6.09 Å². The van der Waals surface area contributed by atoms with Gasteiger partial charge in [0.2, 0.25) is 0 Å². The standard InChI is InChI=1S/C15H31NO3/c1-11(2)9-13(8-7-12(3)10-17)16-14(18)19-15(4,5)6/h11-13,17H,7-10H2,1-6H3,(H,16,18)/t12?,13-/m1/s1. The summed E-state index contributed by atoms with van der Waals surface area (Å²) in [6.45, 7) is 12.1. The minimum atomic E-state index is -0.467. The van der Waals surface area contributed by atoms with Gasteiger partial charge in [0.15, 0.2) is 0 Å². The molecule has 0 heterocycles. The maximum absolute atomic E-state index is 11.8. The van der Waals surface area contributed by atoms with Crippen LogP contribution in [-0.2, 0) is 4.74 Å². The number of alkyl carbamates (subject to hydrolysis) is 1. The lowest BCUT2D eigenvalue weighted by molar-refractivity contribution is 0.0493. The number of rotatable bonds is 7. The van der Waals surface area contributed by atoms with Crippen LogP contribution in [0.5, 0.6) is 0 Å². The first-order chi connectivity index (χ1) is 8.64. The highest BCUT2D eigenvalue weighted by atomic mass is 16.6. The van der Waals surface area contributed by atoms with Crippen molar-refractivity contribution in [2.45, 2.75) is 72.4 Å². The summed E-state index contributed by atoms with van der Waals surface area (Å²) in [5, 5.41) is 12.0. The summed E-state index contributed by atoms with van der Waals surface area (Å²) in [4.78, 5) is 11.8. The average molecular weight is 273 g/mol. The molecule has 4 heteroatoms. The molecule has 0 aromatic rings. The summed E-state index contributed by atoms with van der Waals surface area (Å²) >= 11 is 0. The van der Waals surface area contributed by atoms with Crippen LogP contribution in [-0.4, -0.2) is 29.4 Å². The molecule has 0 aromatic heterocycles. The van der Waals surface area contributed by atoms with E-state index in [2.05, 4.69) is 19.2 Å². The maximum atomic E-state index is 11.8. The van der Waals surface area contributed by atoms with Crippen LogP contribution in [0.1, 0.15) is 60.8 Å². The fourth-order valence-electron chi connectivity index (χ4n) is 1.87. The van der Waals surface area contributed by atoms with E-state index >= 15 is 0 Å². The average Bonchev–Trinajstić information content (AvgIpc) is 2.21. The van der Waals surface area contributed by atoms with Crippen molar-refractivity contribution >= 4 is 6.09 Å². The van der Waals surface area contributed by atoms with Crippen molar-refractivity contribution in [3.63, 3.8) is 0 Å². The van der Waals surface area contributed by atoms with E-state index in [1.807, 2.05) is 27.7 Å². The zero-order chi connectivity index (χ0) is 15.1. The van der Waals surface area contributed by atoms with Crippen LogP contribution >= 0.6 is 0 Å². The zero-order valence-electron chi connectivity index (χ0n) is 13.3. The Balaban J connectivity index is 4.30. The van der Waals surface area contributed by atoms with Crippen LogP contribution in [0.3, 0.4) is 0 Å². The van der Waals surface area contributed by atoms with Crippen molar-refractivity contribution in [3.05, 3.63) is 0 Å². The van der Waals surface area contributed by atoms with E-state index in [1.54, 1.807) is 0 Å². The third-order valence-corrected chi connectivity index (χ3v) is 2.80. The van der Waals surface area contributed by atoms with Gasteiger partial charge in [0.25, 0.3) is 0 Å². The number of hydrogen-bond donors (Lipinski definition) is 2. The summed E-state index contributed by atoms with van der Waals surface area (Å²) in [5.41, 5.74) is -0.467. The van der Waals surface area contributed by atoms with Gasteiger partial charge in [0.1, 0.15) is 5.60 Å². The van der Waals surface area contributed by atoms with Crippen molar-refractivity contribution in [1.82, 2.24) is 5.32 Å². The summed E-state index contributed by atoms with van der Waals surface area (Å²) in [5.74, 6) is 0.791. The molecule has 4 nitrogen and oxygen atoms in total. The largest absolute Gasteiger partial charge is 0.444 e. The van der Waals surface area contributed by atoms with Crippen molar-refractivity contribution in [1.29, 1.82) is 0 Å². The smallest absolute Gasteiger partial charge is 0.407 e. The molecule has 1 amide bonds. The van der Waals surface area contributed by atoms with Gasteiger partial charge < -0.3 is 15.2 Å². The SMILES string of the molecule is CC(C)C[C@@H](CCC(C)CO)NC(=O)OC(C)(C)C. The Hall–Kier alpha value is -0.770. The fraction of sp³-hybridized carbons (Fsp3) is 0.933. The molecule has 0 bridgehead atoms. The lowest BCUT2D eigenvalue weighted by atomic mass is 9.96. The monoisotopic (exact) mass is 273 g/mol. The molecule has 0 fully saturated rings. The Morgan fingerprint density at radius 2 is 1.79 bits per heavy atom. The van der Waals surface area contributed by atoms with Crippen LogP contribution < -0.4 is 5.32 Å². The highest BCUT2D eigenvalue weighted by Crippen LogP contribution is 2.15. The molecule has 114 valence electrons.